The van der Waals surface area contributed by atoms with Crippen LogP contribution < -0.4 is 5.32 Å². The summed E-state index contributed by atoms with van der Waals surface area (Å²) in [6, 6.07) is 14.8. The third-order valence-corrected chi connectivity index (χ3v) is 3.61. The number of aryl methyl sites for hydroxylation is 2. The van der Waals surface area contributed by atoms with Gasteiger partial charge in [0.2, 0.25) is 0 Å². The molecule has 0 unspecified atom stereocenters. The van der Waals surface area contributed by atoms with E-state index in [0.717, 1.165) is 11.3 Å². The SMILES string of the molecule is Cc1cccc(-c2cc(Nc3cc(Cl)ccc3O)nc(C)n2)c1.Cl. The van der Waals surface area contributed by atoms with Gasteiger partial charge in [0.15, 0.2) is 0 Å². The van der Waals surface area contributed by atoms with Crippen molar-refractivity contribution in [2.45, 2.75) is 13.8 Å². The molecule has 6 heteroatoms. The lowest BCUT2D eigenvalue weighted by atomic mass is 10.1. The van der Waals surface area contributed by atoms with E-state index in [0.29, 0.717) is 22.4 Å². The second kappa shape index (κ2) is 7.51. The topological polar surface area (TPSA) is 58.0 Å². The number of phenols is 1. The van der Waals surface area contributed by atoms with E-state index < -0.39 is 0 Å². The van der Waals surface area contributed by atoms with E-state index in [4.69, 9.17) is 11.6 Å². The Morgan fingerprint density at radius 1 is 1.00 bits per heavy atom. The zero-order chi connectivity index (χ0) is 16.4. The van der Waals surface area contributed by atoms with Gasteiger partial charge in [-0.05, 0) is 38.1 Å². The van der Waals surface area contributed by atoms with E-state index in [1.165, 1.54) is 5.56 Å². The number of phenolic OH excluding ortho intramolecular Hbond substituents is 1. The molecule has 0 spiro atoms. The number of benzene rings is 2. The summed E-state index contributed by atoms with van der Waals surface area (Å²) >= 11 is 5.98. The highest BCUT2D eigenvalue weighted by Gasteiger charge is 2.08. The summed E-state index contributed by atoms with van der Waals surface area (Å²) in [7, 11) is 0. The van der Waals surface area contributed by atoms with Gasteiger partial charge in [-0.15, -0.1) is 12.4 Å². The summed E-state index contributed by atoms with van der Waals surface area (Å²) in [5, 5.41) is 13.6. The maximum atomic E-state index is 9.92. The van der Waals surface area contributed by atoms with Gasteiger partial charge in [-0.3, -0.25) is 0 Å². The predicted molar refractivity (Wildman–Crippen MR) is 101 cm³/mol. The van der Waals surface area contributed by atoms with Gasteiger partial charge in [0.25, 0.3) is 0 Å². The quantitative estimate of drug-likeness (QED) is 0.622. The maximum Gasteiger partial charge on any atom is 0.139 e. The van der Waals surface area contributed by atoms with Crippen LogP contribution in [0.5, 0.6) is 5.75 Å². The number of anilines is 2. The van der Waals surface area contributed by atoms with Crippen molar-refractivity contribution in [2.75, 3.05) is 5.32 Å². The number of hydrogen-bond acceptors (Lipinski definition) is 4. The molecule has 3 aromatic rings. The number of aromatic hydroxyl groups is 1. The van der Waals surface area contributed by atoms with Crippen molar-refractivity contribution in [3.8, 4) is 17.0 Å². The average Bonchev–Trinajstić information content (AvgIpc) is 2.50. The molecule has 4 nitrogen and oxygen atoms in total. The van der Waals surface area contributed by atoms with Crippen LogP contribution in [0.3, 0.4) is 0 Å². The Balaban J connectivity index is 0.00000208. The first-order chi connectivity index (χ1) is 11.0. The Morgan fingerprint density at radius 2 is 1.79 bits per heavy atom. The molecular weight excluding hydrogens is 345 g/mol. The van der Waals surface area contributed by atoms with E-state index in [-0.39, 0.29) is 18.2 Å². The van der Waals surface area contributed by atoms with E-state index in [9.17, 15) is 5.11 Å². The molecule has 0 aliphatic heterocycles. The molecule has 0 saturated carbocycles. The summed E-state index contributed by atoms with van der Waals surface area (Å²) in [4.78, 5) is 8.86. The fourth-order valence-corrected chi connectivity index (χ4v) is 2.50. The highest BCUT2D eigenvalue weighted by atomic mass is 35.5. The number of rotatable bonds is 3. The second-order valence-corrected chi connectivity index (χ2v) is 5.78. The molecule has 1 aromatic heterocycles. The van der Waals surface area contributed by atoms with Crippen LogP contribution in [0.4, 0.5) is 11.5 Å². The lowest BCUT2D eigenvalue weighted by Crippen LogP contribution is -1.99. The first-order valence-corrected chi connectivity index (χ1v) is 7.57. The molecule has 1 heterocycles. The molecule has 0 aliphatic rings. The average molecular weight is 362 g/mol. The standard InChI is InChI=1S/C18H16ClN3O.ClH/c1-11-4-3-5-13(8-11)15-10-18(21-12(2)20-15)22-16-9-14(19)6-7-17(16)23;/h3-10,23H,1-2H3,(H,20,21,22);1H. The smallest absolute Gasteiger partial charge is 0.139 e. The van der Waals surface area contributed by atoms with Gasteiger partial charge in [0.1, 0.15) is 17.4 Å². The van der Waals surface area contributed by atoms with Crippen LogP contribution >= 0.6 is 24.0 Å². The van der Waals surface area contributed by atoms with Crippen LogP contribution in [0.25, 0.3) is 11.3 Å². The highest BCUT2D eigenvalue weighted by molar-refractivity contribution is 6.30. The third kappa shape index (κ3) is 4.16. The second-order valence-electron chi connectivity index (χ2n) is 5.34. The molecule has 2 N–H and O–H groups in total. The van der Waals surface area contributed by atoms with Crippen molar-refractivity contribution >= 4 is 35.5 Å². The Morgan fingerprint density at radius 3 is 2.54 bits per heavy atom. The van der Waals surface area contributed by atoms with E-state index in [2.05, 4.69) is 21.4 Å². The minimum Gasteiger partial charge on any atom is -0.506 e. The van der Waals surface area contributed by atoms with Crippen molar-refractivity contribution in [3.05, 3.63) is 64.9 Å². The van der Waals surface area contributed by atoms with Gasteiger partial charge in [-0.1, -0.05) is 35.4 Å². The summed E-state index contributed by atoms with van der Waals surface area (Å²) in [6.07, 6.45) is 0. The number of nitrogens with zero attached hydrogens (tertiary/aromatic N) is 2. The molecule has 0 atom stereocenters. The van der Waals surface area contributed by atoms with Gasteiger partial charge in [0.05, 0.1) is 11.4 Å². The molecule has 24 heavy (non-hydrogen) atoms. The molecule has 0 radical (unpaired) electrons. The first kappa shape index (κ1) is 18.0. The fourth-order valence-electron chi connectivity index (χ4n) is 2.33. The summed E-state index contributed by atoms with van der Waals surface area (Å²) in [5.74, 6) is 1.36. The molecule has 0 fully saturated rings. The van der Waals surface area contributed by atoms with Crippen molar-refractivity contribution in [1.82, 2.24) is 9.97 Å². The number of hydrogen-bond donors (Lipinski definition) is 2. The Kier molecular flexibility index (Phi) is 5.65. The van der Waals surface area contributed by atoms with Gasteiger partial charge in [-0.25, -0.2) is 9.97 Å². The maximum absolute atomic E-state index is 9.92. The lowest BCUT2D eigenvalue weighted by Gasteiger charge is -2.11. The highest BCUT2D eigenvalue weighted by Crippen LogP contribution is 2.30. The first-order valence-electron chi connectivity index (χ1n) is 7.19. The molecule has 0 aliphatic carbocycles. The molecule has 0 bridgehead atoms. The van der Waals surface area contributed by atoms with Gasteiger partial charge in [-0.2, -0.15) is 0 Å². The van der Waals surface area contributed by atoms with E-state index in [1.54, 1.807) is 18.2 Å². The Hall–Kier alpha value is -2.30. The molecule has 124 valence electrons. The van der Waals surface area contributed by atoms with Gasteiger partial charge in [0, 0.05) is 16.7 Å². The summed E-state index contributed by atoms with van der Waals surface area (Å²) in [5.41, 5.74) is 3.52. The van der Waals surface area contributed by atoms with Crippen LogP contribution in [0, 0.1) is 13.8 Å². The molecule has 3 rings (SSSR count). The van der Waals surface area contributed by atoms with Crippen LogP contribution in [0.1, 0.15) is 11.4 Å². The van der Waals surface area contributed by atoms with Crippen LogP contribution in [-0.4, -0.2) is 15.1 Å². The molecule has 0 saturated heterocycles. The normalized spacial score (nSPS) is 10.1. The molecule has 0 amide bonds. The number of nitrogens with one attached hydrogen (secondary N) is 1. The van der Waals surface area contributed by atoms with Gasteiger partial charge >= 0.3 is 0 Å². The zero-order valence-corrected chi connectivity index (χ0v) is 14.8. The van der Waals surface area contributed by atoms with E-state index >= 15 is 0 Å². The minimum absolute atomic E-state index is 0. The van der Waals surface area contributed by atoms with Crippen LogP contribution in [0.15, 0.2) is 48.5 Å². The van der Waals surface area contributed by atoms with Gasteiger partial charge < -0.3 is 10.4 Å². The fraction of sp³-hybridized carbons (Fsp3) is 0.111. The number of halogens is 2. The predicted octanol–water partition coefficient (Wildman–Crippen LogP) is 5.28. The largest absolute Gasteiger partial charge is 0.506 e. The summed E-state index contributed by atoms with van der Waals surface area (Å²) in [6.45, 7) is 3.88. The third-order valence-electron chi connectivity index (χ3n) is 3.37. The monoisotopic (exact) mass is 361 g/mol. The Labute approximate surface area is 152 Å². The Bertz CT molecular complexity index is 869. The molecule has 2 aromatic carbocycles. The summed E-state index contributed by atoms with van der Waals surface area (Å²) < 4.78 is 0. The van der Waals surface area contributed by atoms with Crippen molar-refractivity contribution < 1.29 is 5.11 Å². The molecular formula is C18H17Cl2N3O. The minimum atomic E-state index is 0. The van der Waals surface area contributed by atoms with E-state index in [1.807, 2.05) is 38.1 Å². The number of aromatic nitrogens is 2. The van der Waals surface area contributed by atoms with Crippen LogP contribution in [-0.2, 0) is 0 Å². The van der Waals surface area contributed by atoms with Crippen molar-refractivity contribution in [3.63, 3.8) is 0 Å². The van der Waals surface area contributed by atoms with Crippen molar-refractivity contribution in [2.24, 2.45) is 0 Å². The lowest BCUT2D eigenvalue weighted by molar-refractivity contribution is 0.477. The van der Waals surface area contributed by atoms with Crippen molar-refractivity contribution in [1.29, 1.82) is 0 Å². The van der Waals surface area contributed by atoms with Crippen LogP contribution in [0.2, 0.25) is 5.02 Å². The zero-order valence-electron chi connectivity index (χ0n) is 13.2.